The van der Waals surface area contributed by atoms with Gasteiger partial charge in [-0.2, -0.15) is 0 Å². The minimum atomic E-state index is 0.0533. The van der Waals surface area contributed by atoms with Crippen LogP contribution in [0.15, 0.2) is 18.5 Å². The van der Waals surface area contributed by atoms with Crippen molar-refractivity contribution < 1.29 is 4.74 Å². The minimum absolute atomic E-state index is 0.0533. The van der Waals surface area contributed by atoms with Crippen molar-refractivity contribution in [2.45, 2.75) is 13.0 Å². The maximum atomic E-state index is 5.18. The molecule has 1 unspecified atom stereocenters. The first-order chi connectivity index (χ1) is 8.26. The summed E-state index contributed by atoms with van der Waals surface area (Å²) >= 11 is 1.40. The Balaban J connectivity index is 2.38. The number of rotatable bonds is 4. The second-order valence-electron chi connectivity index (χ2n) is 3.60. The summed E-state index contributed by atoms with van der Waals surface area (Å²) < 4.78 is 9.14. The molecule has 1 N–H and O–H groups in total. The van der Waals surface area contributed by atoms with E-state index in [1.165, 1.54) is 11.5 Å². The molecule has 0 bridgehead atoms. The number of aromatic nitrogens is 3. The van der Waals surface area contributed by atoms with Crippen LogP contribution in [0.1, 0.15) is 22.2 Å². The maximum absolute atomic E-state index is 5.18. The first-order valence-corrected chi connectivity index (χ1v) is 5.98. The van der Waals surface area contributed by atoms with Gasteiger partial charge in [-0.05, 0) is 37.1 Å². The van der Waals surface area contributed by atoms with Crippen LogP contribution in [0.2, 0.25) is 0 Å². The van der Waals surface area contributed by atoms with E-state index in [1.807, 2.05) is 26.2 Å². The number of aryl methyl sites for hydroxylation is 1. The highest BCUT2D eigenvalue weighted by atomic mass is 32.1. The molecule has 5 nitrogen and oxygen atoms in total. The summed E-state index contributed by atoms with van der Waals surface area (Å²) in [6.07, 6.45) is 3.51. The van der Waals surface area contributed by atoms with Crippen molar-refractivity contribution >= 4 is 11.5 Å². The van der Waals surface area contributed by atoms with E-state index < -0.39 is 0 Å². The normalized spacial score (nSPS) is 12.4. The van der Waals surface area contributed by atoms with Crippen LogP contribution in [0, 0.1) is 6.92 Å². The highest BCUT2D eigenvalue weighted by Gasteiger charge is 2.18. The highest BCUT2D eigenvalue weighted by molar-refractivity contribution is 7.05. The first-order valence-electron chi connectivity index (χ1n) is 5.21. The Labute approximate surface area is 104 Å². The van der Waals surface area contributed by atoms with Crippen LogP contribution in [0.3, 0.4) is 0 Å². The van der Waals surface area contributed by atoms with Gasteiger partial charge in [-0.1, -0.05) is 4.49 Å². The van der Waals surface area contributed by atoms with Crippen LogP contribution in [0.5, 0.6) is 5.75 Å². The molecule has 0 aliphatic heterocycles. The molecule has 0 aliphatic rings. The second kappa shape index (κ2) is 5.20. The molecule has 0 aromatic carbocycles. The van der Waals surface area contributed by atoms with Gasteiger partial charge in [0.2, 0.25) is 0 Å². The van der Waals surface area contributed by atoms with Crippen molar-refractivity contribution in [1.29, 1.82) is 0 Å². The summed E-state index contributed by atoms with van der Waals surface area (Å²) in [6, 6.07) is 2.02. The van der Waals surface area contributed by atoms with Gasteiger partial charge >= 0.3 is 0 Å². The van der Waals surface area contributed by atoms with Crippen LogP contribution in [-0.4, -0.2) is 28.7 Å². The second-order valence-corrected chi connectivity index (χ2v) is 4.39. The van der Waals surface area contributed by atoms with E-state index >= 15 is 0 Å². The zero-order valence-corrected chi connectivity index (χ0v) is 10.8. The third-order valence-electron chi connectivity index (χ3n) is 2.54. The molecule has 90 valence electrons. The molecule has 2 aromatic heterocycles. The Hall–Kier alpha value is -1.53. The molecule has 0 amide bonds. The number of pyridine rings is 1. The van der Waals surface area contributed by atoms with Crippen LogP contribution in [-0.2, 0) is 0 Å². The average molecular weight is 250 g/mol. The molecule has 2 aromatic rings. The molecule has 0 aliphatic carbocycles. The zero-order chi connectivity index (χ0) is 12.3. The van der Waals surface area contributed by atoms with E-state index in [9.17, 15) is 0 Å². The van der Waals surface area contributed by atoms with Gasteiger partial charge in [0.25, 0.3) is 0 Å². The first kappa shape index (κ1) is 11.9. The number of nitrogens with zero attached hydrogens (tertiary/aromatic N) is 3. The van der Waals surface area contributed by atoms with Crippen molar-refractivity contribution in [3.8, 4) is 5.75 Å². The van der Waals surface area contributed by atoms with Gasteiger partial charge in [0, 0.05) is 6.20 Å². The van der Waals surface area contributed by atoms with Crippen LogP contribution in [0.4, 0.5) is 0 Å². The Morgan fingerprint density at radius 1 is 1.41 bits per heavy atom. The fraction of sp³-hybridized carbons (Fsp3) is 0.364. The number of hydrogen-bond acceptors (Lipinski definition) is 6. The average Bonchev–Trinajstić information content (AvgIpc) is 2.77. The topological polar surface area (TPSA) is 59.9 Å². The Morgan fingerprint density at radius 3 is 2.82 bits per heavy atom. The Bertz CT molecular complexity index is 500. The van der Waals surface area contributed by atoms with Gasteiger partial charge < -0.3 is 10.1 Å². The predicted octanol–water partition coefficient (Wildman–Crippen LogP) is 1.56. The smallest absolute Gasteiger partial charge is 0.137 e. The lowest BCUT2D eigenvalue weighted by Gasteiger charge is -2.15. The molecular weight excluding hydrogens is 236 g/mol. The maximum Gasteiger partial charge on any atom is 0.137 e. The molecule has 2 rings (SSSR count). The van der Waals surface area contributed by atoms with Crippen molar-refractivity contribution in [3.05, 3.63) is 34.6 Å². The molecule has 1 atom stereocenters. The number of hydrogen-bond donors (Lipinski definition) is 1. The Kier molecular flexibility index (Phi) is 3.65. The van der Waals surface area contributed by atoms with Crippen LogP contribution >= 0.6 is 11.5 Å². The number of methoxy groups -OCH3 is 1. The molecule has 0 fully saturated rings. The van der Waals surface area contributed by atoms with E-state index in [0.717, 1.165) is 21.9 Å². The van der Waals surface area contributed by atoms with Crippen molar-refractivity contribution in [3.63, 3.8) is 0 Å². The molecule has 0 spiro atoms. The standard InChI is InChI=1S/C11H14N4OS/c1-7-11(17-15-14-7)10(12-2)8-4-9(16-3)6-13-5-8/h4-6,10,12H,1-3H3. The van der Waals surface area contributed by atoms with Gasteiger partial charge in [0.1, 0.15) is 5.75 Å². The van der Waals surface area contributed by atoms with Crippen molar-refractivity contribution in [2.75, 3.05) is 14.2 Å². The van der Waals surface area contributed by atoms with E-state index in [4.69, 9.17) is 4.74 Å². The van der Waals surface area contributed by atoms with Crippen LogP contribution < -0.4 is 10.1 Å². The molecule has 0 saturated carbocycles. The molecule has 6 heteroatoms. The number of nitrogens with one attached hydrogen (secondary N) is 1. The summed E-state index contributed by atoms with van der Waals surface area (Å²) in [7, 11) is 3.54. The Morgan fingerprint density at radius 2 is 2.24 bits per heavy atom. The van der Waals surface area contributed by atoms with E-state index in [0.29, 0.717) is 0 Å². The van der Waals surface area contributed by atoms with Gasteiger partial charge in [0.05, 0.1) is 29.9 Å². The van der Waals surface area contributed by atoms with Gasteiger partial charge in [-0.15, -0.1) is 5.10 Å². The van der Waals surface area contributed by atoms with Gasteiger partial charge in [-0.25, -0.2) is 0 Å². The quantitative estimate of drug-likeness (QED) is 0.892. The monoisotopic (exact) mass is 250 g/mol. The molecule has 0 radical (unpaired) electrons. The number of ether oxygens (including phenoxy) is 1. The molecule has 17 heavy (non-hydrogen) atoms. The van der Waals surface area contributed by atoms with E-state index in [-0.39, 0.29) is 6.04 Å². The van der Waals surface area contributed by atoms with Gasteiger partial charge in [-0.3, -0.25) is 4.98 Å². The summed E-state index contributed by atoms with van der Waals surface area (Å²) in [4.78, 5) is 5.26. The van der Waals surface area contributed by atoms with E-state index in [2.05, 4.69) is 19.9 Å². The fourth-order valence-corrected chi connectivity index (χ4v) is 2.44. The van der Waals surface area contributed by atoms with Crippen molar-refractivity contribution in [2.24, 2.45) is 0 Å². The summed E-state index contributed by atoms with van der Waals surface area (Å²) in [5, 5.41) is 7.28. The summed E-state index contributed by atoms with van der Waals surface area (Å²) in [5.41, 5.74) is 1.98. The lowest BCUT2D eigenvalue weighted by Crippen LogP contribution is -2.17. The summed E-state index contributed by atoms with van der Waals surface area (Å²) in [6.45, 7) is 1.96. The fourth-order valence-electron chi connectivity index (χ4n) is 1.66. The third kappa shape index (κ3) is 2.42. The van der Waals surface area contributed by atoms with E-state index in [1.54, 1.807) is 13.3 Å². The molecule has 0 saturated heterocycles. The SMILES string of the molecule is CNC(c1cncc(OC)c1)c1snnc1C. The van der Waals surface area contributed by atoms with Crippen molar-refractivity contribution in [1.82, 2.24) is 19.9 Å². The molecule has 2 heterocycles. The largest absolute Gasteiger partial charge is 0.495 e. The van der Waals surface area contributed by atoms with Crippen LogP contribution in [0.25, 0.3) is 0 Å². The minimum Gasteiger partial charge on any atom is -0.495 e. The molecular formula is C11H14N4OS. The predicted molar refractivity (Wildman–Crippen MR) is 66.3 cm³/mol. The lowest BCUT2D eigenvalue weighted by atomic mass is 10.1. The third-order valence-corrected chi connectivity index (χ3v) is 3.43. The zero-order valence-electron chi connectivity index (χ0n) is 9.97. The summed E-state index contributed by atoms with van der Waals surface area (Å²) in [5.74, 6) is 0.748. The van der Waals surface area contributed by atoms with Gasteiger partial charge in [0.15, 0.2) is 0 Å². The highest BCUT2D eigenvalue weighted by Crippen LogP contribution is 2.27. The lowest BCUT2D eigenvalue weighted by molar-refractivity contribution is 0.411.